The van der Waals surface area contributed by atoms with E-state index in [1.54, 1.807) is 0 Å². The number of pyridine rings is 1. The Balaban J connectivity index is 1.08. The van der Waals surface area contributed by atoms with Crippen molar-refractivity contribution in [2.45, 2.75) is 37.1 Å². The zero-order valence-electron chi connectivity index (χ0n) is 27.4. The van der Waals surface area contributed by atoms with Gasteiger partial charge < -0.3 is 19.5 Å². The lowest BCUT2D eigenvalue weighted by Gasteiger charge is -2.37. The molecule has 1 N–H and O–H groups in total. The fraction of sp³-hybridized carbons (Fsp3) is 0.209. The van der Waals surface area contributed by atoms with Gasteiger partial charge in [-0.2, -0.15) is 0 Å². The Hall–Kier alpha value is -5.30. The van der Waals surface area contributed by atoms with Crippen LogP contribution in [0.4, 0.5) is 4.79 Å². The molecule has 2 unspecified atom stereocenters. The number of rotatable bonds is 11. The minimum absolute atomic E-state index is 0.0377. The smallest absolute Gasteiger partial charge is 0.407 e. The fourth-order valence-corrected chi connectivity index (χ4v) is 7.05. The lowest BCUT2D eigenvalue weighted by molar-refractivity contribution is -0.0200. The largest absolute Gasteiger partial charge is 0.465 e. The highest BCUT2D eigenvalue weighted by Crippen LogP contribution is 2.40. The van der Waals surface area contributed by atoms with Crippen molar-refractivity contribution in [1.29, 1.82) is 0 Å². The number of nitrogens with zero attached hydrogens (tertiary/aromatic N) is 2. The van der Waals surface area contributed by atoms with E-state index in [4.69, 9.17) is 14.5 Å². The van der Waals surface area contributed by atoms with Crippen LogP contribution >= 0.6 is 0 Å². The van der Waals surface area contributed by atoms with E-state index >= 15 is 0 Å². The average molecular weight is 649 g/mol. The molecule has 0 radical (unpaired) electrons. The van der Waals surface area contributed by atoms with E-state index in [1.165, 1.54) is 10.3 Å². The second-order valence-electron chi connectivity index (χ2n) is 12.6. The lowest BCUT2D eigenvalue weighted by Crippen LogP contribution is -2.46. The number of hydrogen-bond donors (Lipinski definition) is 1. The number of carbonyl (C=O) groups is 1. The molecule has 246 valence electrons. The SMILES string of the molecule is O=C(O)N1CCC(c2ccc(CCOC(c3ccccc3)(c3ccccc3)c3ccccc3)nc2)C(OCc2ccc3ccccc3c2)C1. The van der Waals surface area contributed by atoms with Gasteiger partial charge in [0, 0.05) is 30.8 Å². The van der Waals surface area contributed by atoms with Gasteiger partial charge >= 0.3 is 6.09 Å². The topological polar surface area (TPSA) is 71.9 Å². The summed E-state index contributed by atoms with van der Waals surface area (Å²) < 4.78 is 13.4. The highest BCUT2D eigenvalue weighted by molar-refractivity contribution is 5.82. The zero-order chi connectivity index (χ0) is 33.5. The first-order valence-corrected chi connectivity index (χ1v) is 16.9. The second-order valence-corrected chi connectivity index (χ2v) is 12.6. The maximum absolute atomic E-state index is 11.9. The normalized spacial score (nSPS) is 16.4. The van der Waals surface area contributed by atoms with Crippen molar-refractivity contribution < 1.29 is 19.4 Å². The Labute approximate surface area is 287 Å². The molecule has 0 bridgehead atoms. The summed E-state index contributed by atoms with van der Waals surface area (Å²) in [5.74, 6) is 0.0377. The molecule has 1 fully saturated rings. The van der Waals surface area contributed by atoms with Crippen LogP contribution in [0.1, 0.15) is 45.8 Å². The van der Waals surface area contributed by atoms with Crippen LogP contribution in [0.5, 0.6) is 0 Å². The van der Waals surface area contributed by atoms with E-state index < -0.39 is 11.7 Å². The number of fused-ring (bicyclic) bond motifs is 1. The Morgan fingerprint density at radius 3 is 1.96 bits per heavy atom. The number of carboxylic acid groups (broad SMARTS) is 1. The van der Waals surface area contributed by atoms with Crippen molar-refractivity contribution in [2.24, 2.45) is 0 Å². The molecule has 1 aliphatic heterocycles. The van der Waals surface area contributed by atoms with Crippen LogP contribution in [0.2, 0.25) is 0 Å². The van der Waals surface area contributed by atoms with Gasteiger partial charge in [-0.05, 0) is 57.1 Å². The van der Waals surface area contributed by atoms with Gasteiger partial charge in [-0.25, -0.2) is 4.79 Å². The minimum atomic E-state index is -0.913. The van der Waals surface area contributed by atoms with Crippen LogP contribution in [0, 0.1) is 0 Å². The number of benzene rings is 5. The summed E-state index contributed by atoms with van der Waals surface area (Å²) in [4.78, 5) is 18.2. The maximum atomic E-state index is 11.9. The Morgan fingerprint density at radius 1 is 0.755 bits per heavy atom. The molecule has 2 atom stereocenters. The molecule has 7 rings (SSSR count). The van der Waals surface area contributed by atoms with Gasteiger partial charge in [0.1, 0.15) is 5.60 Å². The summed E-state index contributed by atoms with van der Waals surface area (Å²) in [6, 6.07) is 49.9. The average Bonchev–Trinajstić information content (AvgIpc) is 3.17. The van der Waals surface area contributed by atoms with Gasteiger partial charge in [-0.1, -0.05) is 133 Å². The summed E-state index contributed by atoms with van der Waals surface area (Å²) >= 11 is 0. The maximum Gasteiger partial charge on any atom is 0.407 e. The Bertz CT molecular complexity index is 1870. The number of likely N-dealkylation sites (tertiary alicyclic amines) is 1. The molecule has 1 aromatic heterocycles. The van der Waals surface area contributed by atoms with Crippen molar-refractivity contribution in [3.8, 4) is 0 Å². The van der Waals surface area contributed by atoms with Crippen molar-refractivity contribution in [2.75, 3.05) is 19.7 Å². The van der Waals surface area contributed by atoms with E-state index in [9.17, 15) is 9.90 Å². The van der Waals surface area contributed by atoms with Gasteiger partial charge in [0.2, 0.25) is 0 Å². The molecule has 1 saturated heterocycles. The molecule has 0 spiro atoms. The summed E-state index contributed by atoms with van der Waals surface area (Å²) in [5.41, 5.74) is 5.48. The molecule has 0 aliphatic carbocycles. The molecule has 0 saturated carbocycles. The first-order chi connectivity index (χ1) is 24.1. The van der Waals surface area contributed by atoms with Crippen LogP contribution in [-0.4, -0.2) is 46.9 Å². The van der Waals surface area contributed by atoms with E-state index in [0.717, 1.165) is 38.9 Å². The van der Waals surface area contributed by atoms with E-state index in [0.29, 0.717) is 39.1 Å². The van der Waals surface area contributed by atoms with Gasteiger partial charge in [-0.15, -0.1) is 0 Å². The molecule has 1 aliphatic rings. The van der Waals surface area contributed by atoms with Gasteiger partial charge in [0.05, 0.1) is 25.9 Å². The van der Waals surface area contributed by atoms with E-state index in [2.05, 4.69) is 115 Å². The monoisotopic (exact) mass is 648 g/mol. The molecule has 5 aromatic carbocycles. The van der Waals surface area contributed by atoms with E-state index in [1.807, 2.05) is 36.5 Å². The Kier molecular flexibility index (Phi) is 9.78. The molecule has 1 amide bonds. The third-order valence-electron chi connectivity index (χ3n) is 9.60. The first-order valence-electron chi connectivity index (χ1n) is 16.9. The molecular formula is C43H40N2O4. The van der Waals surface area contributed by atoms with Crippen molar-refractivity contribution in [1.82, 2.24) is 9.88 Å². The summed E-state index contributed by atoms with van der Waals surface area (Å²) in [6.45, 7) is 1.66. The zero-order valence-corrected chi connectivity index (χ0v) is 27.4. The highest BCUT2D eigenvalue weighted by Gasteiger charge is 2.37. The lowest BCUT2D eigenvalue weighted by atomic mass is 9.80. The predicted molar refractivity (Wildman–Crippen MR) is 193 cm³/mol. The van der Waals surface area contributed by atoms with Crippen LogP contribution in [0.3, 0.4) is 0 Å². The van der Waals surface area contributed by atoms with Crippen molar-refractivity contribution >= 4 is 16.9 Å². The summed E-state index contributed by atoms with van der Waals surface area (Å²) in [5, 5.41) is 12.1. The first kappa shape index (κ1) is 32.3. The van der Waals surface area contributed by atoms with Gasteiger partial charge in [0.15, 0.2) is 0 Å². The van der Waals surface area contributed by atoms with Crippen LogP contribution in [-0.2, 0) is 28.1 Å². The molecule has 2 heterocycles. The number of amides is 1. The molecule has 6 aromatic rings. The fourth-order valence-electron chi connectivity index (χ4n) is 7.05. The van der Waals surface area contributed by atoms with Gasteiger partial charge in [-0.3, -0.25) is 4.98 Å². The molecule has 49 heavy (non-hydrogen) atoms. The van der Waals surface area contributed by atoms with Crippen LogP contribution in [0.25, 0.3) is 10.8 Å². The van der Waals surface area contributed by atoms with Crippen LogP contribution < -0.4 is 0 Å². The highest BCUT2D eigenvalue weighted by atomic mass is 16.5. The summed E-state index contributed by atoms with van der Waals surface area (Å²) in [6.07, 6.45) is 2.04. The number of aromatic nitrogens is 1. The number of hydrogen-bond acceptors (Lipinski definition) is 4. The van der Waals surface area contributed by atoms with Gasteiger partial charge in [0.25, 0.3) is 0 Å². The summed E-state index contributed by atoms with van der Waals surface area (Å²) in [7, 11) is 0. The number of piperidine rings is 1. The van der Waals surface area contributed by atoms with Crippen molar-refractivity contribution in [3.63, 3.8) is 0 Å². The van der Waals surface area contributed by atoms with E-state index in [-0.39, 0.29) is 12.0 Å². The minimum Gasteiger partial charge on any atom is -0.465 e. The van der Waals surface area contributed by atoms with Crippen molar-refractivity contribution in [3.05, 3.63) is 185 Å². The third-order valence-corrected chi connectivity index (χ3v) is 9.60. The standard InChI is InChI=1S/C43H40N2O4/c46-42(47)45-26-24-40(41(30-45)48-31-32-20-21-33-12-10-11-13-34(33)28-32)35-22-23-39(44-29-35)25-27-49-43(36-14-4-1-5-15-36,37-16-6-2-7-17-37)38-18-8-3-9-19-38/h1-23,28-29,40-41H,24-27,30-31H2,(H,46,47). The Morgan fingerprint density at radius 2 is 1.37 bits per heavy atom. The molecule has 6 nitrogen and oxygen atoms in total. The molecular weight excluding hydrogens is 608 g/mol. The quantitative estimate of drug-likeness (QED) is 0.142. The third kappa shape index (κ3) is 7.12. The number of ether oxygens (including phenoxy) is 2. The van der Waals surface area contributed by atoms with Crippen LogP contribution in [0.15, 0.2) is 152 Å². The molecule has 6 heteroatoms. The predicted octanol–water partition coefficient (Wildman–Crippen LogP) is 8.84. The second kappa shape index (κ2) is 14.9.